The summed E-state index contributed by atoms with van der Waals surface area (Å²) in [4.78, 5) is 31.0. The number of rotatable bonds is 24. The molecule has 4 rings (SSSR count). The van der Waals surface area contributed by atoms with Gasteiger partial charge in [0.2, 0.25) is 0 Å². The lowest BCUT2D eigenvalue weighted by Crippen LogP contribution is -2.11. The molecule has 8 nitrogen and oxygen atoms in total. The molecule has 0 saturated carbocycles. The van der Waals surface area contributed by atoms with Crippen LogP contribution in [0.25, 0.3) is 0 Å². The highest BCUT2D eigenvalue weighted by Crippen LogP contribution is 2.28. The third-order valence-electron chi connectivity index (χ3n) is 8.57. The molecule has 0 amide bonds. The predicted octanol–water partition coefficient (Wildman–Crippen LogP) is 11.8. The fourth-order valence-corrected chi connectivity index (χ4v) is 5.40. The maximum absolute atomic E-state index is 13.3. The van der Waals surface area contributed by atoms with Crippen LogP contribution in [0, 0.1) is 0 Å². The van der Waals surface area contributed by atoms with Gasteiger partial charge < -0.3 is 23.7 Å². The summed E-state index contributed by atoms with van der Waals surface area (Å²) in [6.07, 6.45) is 15.1. The zero-order valence-corrected chi connectivity index (χ0v) is 31.6. The number of benzene rings is 4. The molecule has 4 aromatic rings. The molecule has 282 valence electrons. The van der Waals surface area contributed by atoms with Crippen LogP contribution < -0.4 is 23.7 Å². The molecule has 0 unspecified atom stereocenters. The van der Waals surface area contributed by atoms with Crippen molar-refractivity contribution >= 4 is 23.8 Å². The van der Waals surface area contributed by atoms with Gasteiger partial charge >= 0.3 is 11.9 Å². The molecule has 0 radical (unpaired) electrons. The molecule has 0 heterocycles. The van der Waals surface area contributed by atoms with Gasteiger partial charge in [0.05, 0.1) is 36.6 Å². The molecule has 0 saturated heterocycles. The van der Waals surface area contributed by atoms with E-state index in [1.54, 1.807) is 66.9 Å². The van der Waals surface area contributed by atoms with Gasteiger partial charge in [0.15, 0.2) is 0 Å². The van der Waals surface area contributed by atoms with Gasteiger partial charge in [-0.1, -0.05) is 78.6 Å². The largest absolute Gasteiger partial charge is 0.494 e. The molecule has 0 fully saturated rings. The third kappa shape index (κ3) is 14.8. The number of hydrogen-bond acceptors (Lipinski definition) is 8. The Hall–Kier alpha value is -5.11. The third-order valence-corrected chi connectivity index (χ3v) is 8.57. The molecule has 0 spiro atoms. The number of esters is 2. The first-order chi connectivity index (χ1) is 26.0. The average Bonchev–Trinajstić information content (AvgIpc) is 3.18. The Balaban J connectivity index is 1.45. The van der Waals surface area contributed by atoms with Crippen molar-refractivity contribution in [3.8, 4) is 28.7 Å². The zero-order chi connectivity index (χ0) is 37.5. The summed E-state index contributed by atoms with van der Waals surface area (Å²) in [5.74, 6) is 1.49. The fourth-order valence-electron chi connectivity index (χ4n) is 5.40. The predicted molar refractivity (Wildman–Crippen MR) is 212 cm³/mol. The summed E-state index contributed by atoms with van der Waals surface area (Å²) in [6.45, 7) is 8.49. The van der Waals surface area contributed by atoms with E-state index in [0.29, 0.717) is 53.7 Å². The van der Waals surface area contributed by atoms with Gasteiger partial charge in [-0.25, -0.2) is 9.59 Å². The van der Waals surface area contributed by atoms with E-state index in [2.05, 4.69) is 25.8 Å². The smallest absolute Gasteiger partial charge is 0.343 e. The monoisotopic (exact) mass is 721 g/mol. The van der Waals surface area contributed by atoms with Crippen LogP contribution in [-0.4, -0.2) is 38.0 Å². The molecule has 0 aliphatic heterocycles. The van der Waals surface area contributed by atoms with Crippen molar-refractivity contribution in [1.29, 1.82) is 0 Å². The second-order valence-electron chi connectivity index (χ2n) is 13.0. The van der Waals surface area contributed by atoms with E-state index in [0.717, 1.165) is 44.3 Å². The Kier molecular flexibility index (Phi) is 18.0. The van der Waals surface area contributed by atoms with Gasteiger partial charge in [-0.3, -0.25) is 4.99 Å². The summed E-state index contributed by atoms with van der Waals surface area (Å²) in [7, 11) is 0. The number of carbonyl (C=O) groups excluding carboxylic acids is 2. The van der Waals surface area contributed by atoms with Crippen molar-refractivity contribution in [2.24, 2.45) is 4.99 Å². The SMILES string of the molecule is CCCCCCOc1ccc(N=Cc2ccc(OC(=O)c3ccc(OCCCCCC)cc3)cc2OC(=O)c2ccc(OCCCCCC)cc2)cc1. The van der Waals surface area contributed by atoms with Crippen LogP contribution in [-0.2, 0) is 0 Å². The molecular formula is C45H55NO7. The second-order valence-corrected chi connectivity index (χ2v) is 13.0. The van der Waals surface area contributed by atoms with Crippen molar-refractivity contribution in [3.05, 3.63) is 108 Å². The lowest BCUT2D eigenvalue weighted by molar-refractivity contribution is 0.0732. The first-order valence-corrected chi connectivity index (χ1v) is 19.3. The molecule has 4 aromatic carbocycles. The minimum atomic E-state index is -0.566. The minimum absolute atomic E-state index is 0.194. The minimum Gasteiger partial charge on any atom is -0.494 e. The molecule has 0 aliphatic carbocycles. The molecule has 8 heteroatoms. The molecule has 0 atom stereocenters. The van der Waals surface area contributed by atoms with Crippen LogP contribution in [0.2, 0.25) is 0 Å². The molecule has 0 aliphatic rings. The highest BCUT2D eigenvalue weighted by atomic mass is 16.5. The van der Waals surface area contributed by atoms with Crippen molar-refractivity contribution < 1.29 is 33.3 Å². The van der Waals surface area contributed by atoms with Crippen LogP contribution in [0.15, 0.2) is 96.0 Å². The molecule has 0 bridgehead atoms. The highest BCUT2D eigenvalue weighted by Gasteiger charge is 2.16. The maximum atomic E-state index is 13.3. The van der Waals surface area contributed by atoms with Crippen LogP contribution in [0.5, 0.6) is 28.7 Å². The van der Waals surface area contributed by atoms with Crippen LogP contribution in [0.1, 0.15) is 124 Å². The van der Waals surface area contributed by atoms with Gasteiger partial charge in [0, 0.05) is 17.8 Å². The van der Waals surface area contributed by atoms with Gasteiger partial charge in [-0.05, 0) is 104 Å². The summed E-state index contributed by atoms with van der Waals surface area (Å²) in [6, 6.07) is 26.1. The average molecular weight is 722 g/mol. The van der Waals surface area contributed by atoms with E-state index in [1.165, 1.54) is 44.6 Å². The maximum Gasteiger partial charge on any atom is 0.343 e. The van der Waals surface area contributed by atoms with Gasteiger partial charge in [-0.2, -0.15) is 0 Å². The Morgan fingerprint density at radius 1 is 0.491 bits per heavy atom. The van der Waals surface area contributed by atoms with Crippen molar-refractivity contribution in [1.82, 2.24) is 0 Å². The summed E-state index contributed by atoms with van der Waals surface area (Å²) in [5.41, 5.74) is 1.96. The number of hydrogen-bond donors (Lipinski definition) is 0. The standard InChI is InChI=1S/C45H55NO7/c1-4-7-10-13-30-49-39-23-16-35(17-24-39)44(47)52-42-27-20-37(34-46-38-21-28-41(29-22-38)51-32-15-12-9-6-3)43(33-42)53-45(48)36-18-25-40(26-19-36)50-31-14-11-8-5-2/h16-29,33-34H,4-15,30-32H2,1-3H3. The van der Waals surface area contributed by atoms with Gasteiger partial charge in [-0.15, -0.1) is 0 Å². The number of ether oxygens (including phenoxy) is 5. The van der Waals surface area contributed by atoms with Crippen LogP contribution >= 0.6 is 0 Å². The first kappa shape index (κ1) is 40.7. The second kappa shape index (κ2) is 23.5. The van der Waals surface area contributed by atoms with E-state index in [1.807, 2.05) is 24.3 Å². The Morgan fingerprint density at radius 3 is 1.36 bits per heavy atom. The van der Waals surface area contributed by atoms with Gasteiger partial charge in [0.1, 0.15) is 28.7 Å². The summed E-state index contributed by atoms with van der Waals surface area (Å²) >= 11 is 0. The fraction of sp³-hybridized carbons (Fsp3) is 0.400. The zero-order valence-electron chi connectivity index (χ0n) is 31.6. The summed E-state index contributed by atoms with van der Waals surface area (Å²) < 4.78 is 29.1. The van der Waals surface area contributed by atoms with E-state index in [4.69, 9.17) is 23.7 Å². The Bertz CT molecular complexity index is 1680. The Labute approximate surface area is 315 Å². The van der Waals surface area contributed by atoms with E-state index >= 15 is 0 Å². The molecule has 53 heavy (non-hydrogen) atoms. The molecule has 0 aromatic heterocycles. The molecular weight excluding hydrogens is 666 g/mol. The quantitative estimate of drug-likeness (QED) is 0.0308. The normalized spacial score (nSPS) is 11.0. The van der Waals surface area contributed by atoms with E-state index < -0.39 is 11.9 Å². The van der Waals surface area contributed by atoms with Crippen molar-refractivity contribution in [2.75, 3.05) is 19.8 Å². The topological polar surface area (TPSA) is 92.7 Å². The van der Waals surface area contributed by atoms with E-state index in [-0.39, 0.29) is 11.5 Å². The van der Waals surface area contributed by atoms with E-state index in [9.17, 15) is 9.59 Å². The van der Waals surface area contributed by atoms with Crippen molar-refractivity contribution in [3.63, 3.8) is 0 Å². The number of nitrogens with zero attached hydrogens (tertiary/aromatic N) is 1. The van der Waals surface area contributed by atoms with Crippen molar-refractivity contribution in [2.45, 2.75) is 97.8 Å². The lowest BCUT2D eigenvalue weighted by atomic mass is 10.2. The number of unbranched alkanes of at least 4 members (excludes halogenated alkanes) is 9. The number of carbonyl (C=O) groups is 2. The van der Waals surface area contributed by atoms with Crippen LogP contribution in [0.3, 0.4) is 0 Å². The molecule has 0 N–H and O–H groups in total. The highest BCUT2D eigenvalue weighted by molar-refractivity contribution is 5.94. The lowest BCUT2D eigenvalue weighted by Gasteiger charge is -2.11. The Morgan fingerprint density at radius 2 is 0.906 bits per heavy atom. The summed E-state index contributed by atoms with van der Waals surface area (Å²) in [5, 5.41) is 0. The number of aliphatic imine (C=N–C) groups is 1. The first-order valence-electron chi connectivity index (χ1n) is 19.3. The van der Waals surface area contributed by atoms with Gasteiger partial charge in [0.25, 0.3) is 0 Å². The van der Waals surface area contributed by atoms with Crippen LogP contribution in [0.4, 0.5) is 5.69 Å².